The molecule has 0 bridgehead atoms. The van der Waals surface area contributed by atoms with Crippen LogP contribution in [0.2, 0.25) is 0 Å². The molecular weight excluding hydrogens is 264 g/mol. The average molecular weight is 286 g/mol. The van der Waals surface area contributed by atoms with Crippen LogP contribution in [0.25, 0.3) is 11.1 Å². The molecule has 0 fully saturated rings. The van der Waals surface area contributed by atoms with Gasteiger partial charge in [-0.05, 0) is 45.4 Å². The van der Waals surface area contributed by atoms with Gasteiger partial charge in [-0.2, -0.15) is 4.98 Å². The maximum Gasteiger partial charge on any atom is 0.263 e. The number of anilines is 1. The number of nitrogens with one attached hydrogen (secondary N) is 1. The van der Waals surface area contributed by atoms with Crippen LogP contribution in [-0.4, -0.2) is 21.7 Å². The molecule has 1 aliphatic carbocycles. The van der Waals surface area contributed by atoms with E-state index in [1.54, 1.807) is 5.57 Å². The highest BCUT2D eigenvalue weighted by atomic mass is 16.5. The minimum Gasteiger partial charge on any atom is -0.369 e. The van der Waals surface area contributed by atoms with Gasteiger partial charge in [-0.3, -0.25) is 0 Å². The lowest BCUT2D eigenvalue weighted by atomic mass is 9.97. The van der Waals surface area contributed by atoms with Crippen molar-refractivity contribution in [3.05, 3.63) is 23.2 Å². The van der Waals surface area contributed by atoms with Crippen molar-refractivity contribution in [2.45, 2.75) is 52.4 Å². The first-order valence-corrected chi connectivity index (χ1v) is 7.82. The summed E-state index contributed by atoms with van der Waals surface area (Å²) >= 11 is 0. The zero-order chi connectivity index (χ0) is 14.7. The van der Waals surface area contributed by atoms with Crippen molar-refractivity contribution in [1.29, 1.82) is 0 Å². The standard InChI is InChI=1S/C16H22N4O/c1-3-13-14-15(18-11(2)19-16(14)21-20-13)17-10-9-12-7-5-4-6-8-12/h7H,3-6,8-10H2,1-2H3,(H,17,18,19). The number of aryl methyl sites for hydroxylation is 2. The molecule has 5 nitrogen and oxygen atoms in total. The van der Waals surface area contributed by atoms with E-state index in [1.165, 1.54) is 25.7 Å². The highest BCUT2D eigenvalue weighted by Gasteiger charge is 2.15. The zero-order valence-corrected chi connectivity index (χ0v) is 12.8. The van der Waals surface area contributed by atoms with Gasteiger partial charge in [0.1, 0.15) is 17.0 Å². The molecule has 2 heterocycles. The Morgan fingerprint density at radius 2 is 2.19 bits per heavy atom. The summed E-state index contributed by atoms with van der Waals surface area (Å²) in [5.41, 5.74) is 3.07. The summed E-state index contributed by atoms with van der Waals surface area (Å²) in [4.78, 5) is 8.83. The average Bonchev–Trinajstić information content (AvgIpc) is 2.91. The molecule has 0 saturated heterocycles. The number of hydrogen-bond acceptors (Lipinski definition) is 5. The summed E-state index contributed by atoms with van der Waals surface area (Å²) in [5.74, 6) is 1.56. The van der Waals surface area contributed by atoms with Crippen molar-refractivity contribution >= 4 is 16.9 Å². The molecule has 2 aromatic heterocycles. The second-order valence-corrected chi connectivity index (χ2v) is 5.57. The van der Waals surface area contributed by atoms with E-state index in [-0.39, 0.29) is 0 Å². The lowest BCUT2D eigenvalue weighted by Gasteiger charge is -2.13. The fourth-order valence-electron chi connectivity index (χ4n) is 2.86. The largest absolute Gasteiger partial charge is 0.369 e. The van der Waals surface area contributed by atoms with Crippen LogP contribution in [0.4, 0.5) is 5.82 Å². The van der Waals surface area contributed by atoms with Gasteiger partial charge in [0.05, 0.1) is 5.69 Å². The molecule has 2 aromatic rings. The summed E-state index contributed by atoms with van der Waals surface area (Å²) in [6.45, 7) is 4.84. The van der Waals surface area contributed by atoms with E-state index in [9.17, 15) is 0 Å². The van der Waals surface area contributed by atoms with Crippen LogP contribution in [0, 0.1) is 6.92 Å². The highest BCUT2D eigenvalue weighted by Crippen LogP contribution is 2.25. The first-order chi connectivity index (χ1) is 10.3. The fraction of sp³-hybridized carbons (Fsp3) is 0.562. The molecule has 21 heavy (non-hydrogen) atoms. The number of nitrogens with zero attached hydrogens (tertiary/aromatic N) is 3. The first kappa shape index (κ1) is 14.0. The number of fused-ring (bicyclic) bond motifs is 1. The van der Waals surface area contributed by atoms with E-state index >= 15 is 0 Å². The minimum absolute atomic E-state index is 0.582. The third kappa shape index (κ3) is 3.06. The summed E-state index contributed by atoms with van der Waals surface area (Å²) in [7, 11) is 0. The Morgan fingerprint density at radius 3 is 2.95 bits per heavy atom. The number of aromatic nitrogens is 3. The molecule has 1 N–H and O–H groups in total. The Bertz CT molecular complexity index is 660. The van der Waals surface area contributed by atoms with Crippen LogP contribution in [0.15, 0.2) is 16.2 Å². The molecule has 1 aliphatic rings. The predicted molar refractivity (Wildman–Crippen MR) is 83.4 cm³/mol. The van der Waals surface area contributed by atoms with Crippen LogP contribution in [0.3, 0.4) is 0 Å². The number of hydrogen-bond donors (Lipinski definition) is 1. The molecule has 5 heteroatoms. The van der Waals surface area contributed by atoms with Gasteiger partial charge in [-0.25, -0.2) is 4.98 Å². The minimum atomic E-state index is 0.582. The van der Waals surface area contributed by atoms with Gasteiger partial charge in [-0.15, -0.1) is 0 Å². The predicted octanol–water partition coefficient (Wildman–Crippen LogP) is 3.79. The van der Waals surface area contributed by atoms with E-state index in [1.807, 2.05) is 6.92 Å². The van der Waals surface area contributed by atoms with Crippen molar-refractivity contribution in [1.82, 2.24) is 15.1 Å². The summed E-state index contributed by atoms with van der Waals surface area (Å²) in [5, 5.41) is 8.46. The molecule has 0 amide bonds. The lowest BCUT2D eigenvalue weighted by Crippen LogP contribution is -2.07. The molecule has 0 atom stereocenters. The van der Waals surface area contributed by atoms with Crippen molar-refractivity contribution in [2.75, 3.05) is 11.9 Å². The second-order valence-electron chi connectivity index (χ2n) is 5.57. The molecule has 3 rings (SSSR count). The SMILES string of the molecule is CCc1noc2nc(C)nc(NCCC3=CCCCC3)c12. The van der Waals surface area contributed by atoms with Gasteiger partial charge < -0.3 is 9.84 Å². The van der Waals surface area contributed by atoms with Crippen molar-refractivity contribution in [3.8, 4) is 0 Å². The third-order valence-electron chi connectivity index (χ3n) is 3.98. The molecule has 0 aromatic carbocycles. The topological polar surface area (TPSA) is 63.8 Å². The van der Waals surface area contributed by atoms with E-state index < -0.39 is 0 Å². The number of allylic oxidation sites excluding steroid dienone is 1. The monoisotopic (exact) mass is 286 g/mol. The van der Waals surface area contributed by atoms with Crippen molar-refractivity contribution in [2.24, 2.45) is 0 Å². The van der Waals surface area contributed by atoms with E-state index in [0.717, 1.165) is 36.3 Å². The quantitative estimate of drug-likeness (QED) is 0.847. The first-order valence-electron chi connectivity index (χ1n) is 7.82. The Labute approximate surface area is 124 Å². The van der Waals surface area contributed by atoms with Gasteiger partial charge in [0.25, 0.3) is 5.71 Å². The summed E-state index contributed by atoms with van der Waals surface area (Å²) < 4.78 is 5.31. The fourth-order valence-corrected chi connectivity index (χ4v) is 2.86. The van der Waals surface area contributed by atoms with Gasteiger partial charge >= 0.3 is 0 Å². The van der Waals surface area contributed by atoms with E-state index in [4.69, 9.17) is 4.52 Å². The summed E-state index contributed by atoms with van der Waals surface area (Å²) in [6, 6.07) is 0. The van der Waals surface area contributed by atoms with Crippen LogP contribution < -0.4 is 5.32 Å². The Morgan fingerprint density at radius 1 is 1.29 bits per heavy atom. The zero-order valence-electron chi connectivity index (χ0n) is 12.8. The molecule has 0 aliphatic heterocycles. The molecular formula is C16H22N4O. The molecule has 0 saturated carbocycles. The normalized spacial score (nSPS) is 15.2. The molecule has 112 valence electrons. The van der Waals surface area contributed by atoms with Crippen LogP contribution >= 0.6 is 0 Å². The van der Waals surface area contributed by atoms with Crippen molar-refractivity contribution in [3.63, 3.8) is 0 Å². The Kier molecular flexibility index (Phi) is 4.18. The highest BCUT2D eigenvalue weighted by molar-refractivity contribution is 5.87. The van der Waals surface area contributed by atoms with E-state index in [0.29, 0.717) is 11.5 Å². The van der Waals surface area contributed by atoms with Gasteiger partial charge in [0.2, 0.25) is 0 Å². The van der Waals surface area contributed by atoms with Crippen LogP contribution in [0.5, 0.6) is 0 Å². The smallest absolute Gasteiger partial charge is 0.263 e. The Balaban J connectivity index is 1.76. The van der Waals surface area contributed by atoms with Gasteiger partial charge in [0.15, 0.2) is 0 Å². The summed E-state index contributed by atoms with van der Waals surface area (Å²) in [6.07, 6.45) is 9.43. The molecule has 0 spiro atoms. The maximum atomic E-state index is 5.31. The lowest BCUT2D eigenvalue weighted by molar-refractivity contribution is 0.439. The second kappa shape index (κ2) is 6.24. The van der Waals surface area contributed by atoms with Crippen LogP contribution in [-0.2, 0) is 6.42 Å². The van der Waals surface area contributed by atoms with Crippen molar-refractivity contribution < 1.29 is 4.52 Å². The van der Waals surface area contributed by atoms with E-state index in [2.05, 4.69) is 33.4 Å². The van der Waals surface area contributed by atoms with Crippen LogP contribution in [0.1, 0.15) is 50.5 Å². The van der Waals surface area contributed by atoms with Gasteiger partial charge in [-0.1, -0.05) is 23.7 Å². The third-order valence-corrected chi connectivity index (χ3v) is 3.98. The molecule has 0 radical (unpaired) electrons. The van der Waals surface area contributed by atoms with Gasteiger partial charge in [0, 0.05) is 6.54 Å². The molecule has 0 unspecified atom stereocenters. The number of rotatable bonds is 5. The Hall–Kier alpha value is -1.91. The maximum absolute atomic E-state index is 5.31.